The first-order valence-electron chi connectivity index (χ1n) is 7.21. The Hall–Kier alpha value is -1.48. The molecule has 0 saturated carbocycles. The Kier molecular flexibility index (Phi) is 11.3. The molecule has 0 saturated heterocycles. The first-order chi connectivity index (χ1) is 10.4. The largest absolute Gasteiger partial charge is 0.464 e. The summed E-state index contributed by atoms with van der Waals surface area (Å²) in [7, 11) is 0. The molecular formula is C13H27N5O3S. The fourth-order valence-electron chi connectivity index (χ4n) is 1.68. The summed E-state index contributed by atoms with van der Waals surface area (Å²) >= 11 is 1.61. The van der Waals surface area contributed by atoms with Crippen molar-refractivity contribution in [2.75, 3.05) is 25.2 Å². The van der Waals surface area contributed by atoms with Crippen LogP contribution in [0.1, 0.15) is 26.2 Å². The minimum absolute atomic E-state index is 0.129. The SMILES string of the molecule is CCOC(=O)[C@H](CCCNC(=N)N)NC(=O)[C@@H](N)CCSC. The summed E-state index contributed by atoms with van der Waals surface area (Å²) in [6.07, 6.45) is 3.44. The van der Waals surface area contributed by atoms with Crippen LogP contribution in [0.3, 0.4) is 0 Å². The third-order valence-corrected chi connectivity index (χ3v) is 3.49. The van der Waals surface area contributed by atoms with Crippen LogP contribution >= 0.6 is 11.8 Å². The summed E-state index contributed by atoms with van der Waals surface area (Å²) in [5.41, 5.74) is 11.0. The normalized spacial score (nSPS) is 13.0. The lowest BCUT2D eigenvalue weighted by Gasteiger charge is -2.19. The van der Waals surface area contributed by atoms with Gasteiger partial charge in [0.25, 0.3) is 0 Å². The summed E-state index contributed by atoms with van der Waals surface area (Å²) in [5, 5.41) is 12.3. The number of nitrogens with one attached hydrogen (secondary N) is 3. The van der Waals surface area contributed by atoms with E-state index in [9.17, 15) is 9.59 Å². The van der Waals surface area contributed by atoms with E-state index in [1.54, 1.807) is 18.7 Å². The maximum Gasteiger partial charge on any atom is 0.328 e. The molecule has 0 heterocycles. The van der Waals surface area contributed by atoms with Crippen molar-refractivity contribution >= 4 is 29.6 Å². The third kappa shape index (κ3) is 9.46. The van der Waals surface area contributed by atoms with Crippen LogP contribution in [-0.4, -0.2) is 55.1 Å². The van der Waals surface area contributed by atoms with E-state index in [1.807, 2.05) is 6.26 Å². The maximum absolute atomic E-state index is 12.0. The van der Waals surface area contributed by atoms with Crippen molar-refractivity contribution in [3.63, 3.8) is 0 Å². The molecule has 9 heteroatoms. The fourth-order valence-corrected chi connectivity index (χ4v) is 2.17. The van der Waals surface area contributed by atoms with Crippen molar-refractivity contribution in [2.24, 2.45) is 11.5 Å². The number of thioether (sulfide) groups is 1. The van der Waals surface area contributed by atoms with Gasteiger partial charge in [-0.25, -0.2) is 4.79 Å². The van der Waals surface area contributed by atoms with E-state index in [2.05, 4.69) is 10.6 Å². The molecule has 0 aliphatic heterocycles. The van der Waals surface area contributed by atoms with Gasteiger partial charge < -0.3 is 26.8 Å². The van der Waals surface area contributed by atoms with Crippen LogP contribution in [0.4, 0.5) is 0 Å². The Morgan fingerprint density at radius 2 is 2.05 bits per heavy atom. The number of esters is 1. The fraction of sp³-hybridized carbons (Fsp3) is 0.769. The molecule has 0 aromatic rings. The van der Waals surface area contributed by atoms with Crippen LogP contribution in [-0.2, 0) is 14.3 Å². The number of amides is 1. The van der Waals surface area contributed by atoms with Gasteiger partial charge in [-0.1, -0.05) is 0 Å². The molecule has 0 fully saturated rings. The molecule has 0 radical (unpaired) electrons. The molecule has 0 aromatic heterocycles. The molecule has 0 bridgehead atoms. The molecule has 8 nitrogen and oxygen atoms in total. The Morgan fingerprint density at radius 3 is 2.59 bits per heavy atom. The Morgan fingerprint density at radius 1 is 1.36 bits per heavy atom. The zero-order chi connectivity index (χ0) is 17.0. The highest BCUT2D eigenvalue weighted by molar-refractivity contribution is 7.98. The van der Waals surface area contributed by atoms with E-state index < -0.39 is 18.1 Å². The van der Waals surface area contributed by atoms with E-state index >= 15 is 0 Å². The van der Waals surface area contributed by atoms with Crippen molar-refractivity contribution in [3.8, 4) is 0 Å². The highest BCUT2D eigenvalue weighted by atomic mass is 32.2. The van der Waals surface area contributed by atoms with Gasteiger partial charge in [-0.05, 0) is 38.2 Å². The molecule has 0 aromatic carbocycles. The lowest BCUT2D eigenvalue weighted by Crippen LogP contribution is -2.49. The number of carbonyl (C=O) groups is 2. The Labute approximate surface area is 135 Å². The van der Waals surface area contributed by atoms with Gasteiger partial charge in [0.1, 0.15) is 6.04 Å². The topological polar surface area (TPSA) is 143 Å². The van der Waals surface area contributed by atoms with E-state index in [-0.39, 0.29) is 18.5 Å². The summed E-state index contributed by atoms with van der Waals surface area (Å²) in [6, 6.07) is -1.37. The lowest BCUT2D eigenvalue weighted by atomic mass is 10.1. The minimum Gasteiger partial charge on any atom is -0.464 e. The average Bonchev–Trinajstić information content (AvgIpc) is 2.47. The molecule has 0 aliphatic carbocycles. The molecular weight excluding hydrogens is 306 g/mol. The maximum atomic E-state index is 12.0. The van der Waals surface area contributed by atoms with Gasteiger partial charge >= 0.3 is 5.97 Å². The molecule has 2 atom stereocenters. The highest BCUT2D eigenvalue weighted by Gasteiger charge is 2.24. The second-order valence-electron chi connectivity index (χ2n) is 4.68. The van der Waals surface area contributed by atoms with Crippen LogP contribution in [0.2, 0.25) is 0 Å². The minimum atomic E-state index is -0.735. The molecule has 0 unspecified atom stereocenters. The first kappa shape index (κ1) is 20.5. The quantitative estimate of drug-likeness (QED) is 0.147. The number of ether oxygens (including phenoxy) is 1. The number of carbonyl (C=O) groups excluding carboxylic acids is 2. The molecule has 22 heavy (non-hydrogen) atoms. The van der Waals surface area contributed by atoms with E-state index in [4.69, 9.17) is 21.6 Å². The monoisotopic (exact) mass is 333 g/mol. The van der Waals surface area contributed by atoms with E-state index in [1.165, 1.54) is 0 Å². The van der Waals surface area contributed by atoms with Gasteiger partial charge in [-0.15, -0.1) is 0 Å². The van der Waals surface area contributed by atoms with Gasteiger partial charge in [-0.2, -0.15) is 11.8 Å². The highest BCUT2D eigenvalue weighted by Crippen LogP contribution is 2.03. The van der Waals surface area contributed by atoms with Gasteiger partial charge in [0.05, 0.1) is 12.6 Å². The van der Waals surface area contributed by atoms with Crippen molar-refractivity contribution in [3.05, 3.63) is 0 Å². The van der Waals surface area contributed by atoms with E-state index in [0.717, 1.165) is 5.75 Å². The summed E-state index contributed by atoms with van der Waals surface area (Å²) in [6.45, 7) is 2.40. The number of rotatable bonds is 11. The standard InChI is InChI=1S/C13H27N5O3S/c1-3-21-12(20)10(5-4-7-17-13(15)16)18-11(19)9(14)6-8-22-2/h9-10H,3-8,14H2,1-2H3,(H,18,19)(H4,15,16,17)/t9-,10-/m0/s1. The summed E-state index contributed by atoms with van der Waals surface area (Å²) in [5.74, 6) is -0.181. The third-order valence-electron chi connectivity index (χ3n) is 2.84. The first-order valence-corrected chi connectivity index (χ1v) is 8.61. The number of hydrogen-bond acceptors (Lipinski definition) is 6. The second-order valence-corrected chi connectivity index (χ2v) is 5.67. The van der Waals surface area contributed by atoms with Gasteiger partial charge in [-0.3, -0.25) is 10.2 Å². The molecule has 128 valence electrons. The van der Waals surface area contributed by atoms with Gasteiger partial charge in [0, 0.05) is 6.54 Å². The van der Waals surface area contributed by atoms with Crippen molar-refractivity contribution in [1.29, 1.82) is 5.41 Å². The summed E-state index contributed by atoms with van der Waals surface area (Å²) < 4.78 is 4.96. The van der Waals surface area contributed by atoms with Gasteiger partial charge in [0.2, 0.25) is 5.91 Å². The number of guanidine groups is 1. The molecule has 0 rings (SSSR count). The average molecular weight is 333 g/mol. The van der Waals surface area contributed by atoms with Crippen molar-refractivity contribution in [1.82, 2.24) is 10.6 Å². The predicted octanol–water partition coefficient (Wildman–Crippen LogP) is -0.622. The van der Waals surface area contributed by atoms with Crippen LogP contribution in [0, 0.1) is 5.41 Å². The zero-order valence-corrected chi connectivity index (χ0v) is 14.0. The summed E-state index contributed by atoms with van der Waals surface area (Å²) in [4.78, 5) is 23.9. The zero-order valence-electron chi connectivity index (χ0n) is 13.2. The van der Waals surface area contributed by atoms with Crippen LogP contribution in [0.15, 0.2) is 0 Å². The smallest absolute Gasteiger partial charge is 0.328 e. The molecule has 1 amide bonds. The van der Waals surface area contributed by atoms with Crippen LogP contribution < -0.4 is 22.1 Å². The van der Waals surface area contributed by atoms with Crippen molar-refractivity contribution in [2.45, 2.75) is 38.3 Å². The van der Waals surface area contributed by atoms with E-state index in [0.29, 0.717) is 25.8 Å². The molecule has 7 N–H and O–H groups in total. The Balaban J connectivity index is 4.42. The predicted molar refractivity (Wildman–Crippen MR) is 88.7 cm³/mol. The molecule has 0 aliphatic rings. The van der Waals surface area contributed by atoms with Crippen LogP contribution in [0.25, 0.3) is 0 Å². The van der Waals surface area contributed by atoms with Crippen molar-refractivity contribution < 1.29 is 14.3 Å². The number of nitrogens with two attached hydrogens (primary N) is 2. The molecule has 0 spiro atoms. The van der Waals surface area contributed by atoms with Crippen LogP contribution in [0.5, 0.6) is 0 Å². The van der Waals surface area contributed by atoms with Gasteiger partial charge in [0.15, 0.2) is 5.96 Å². The second kappa shape index (κ2) is 12.1. The lowest BCUT2D eigenvalue weighted by molar-refractivity contribution is -0.147. The Bertz CT molecular complexity index is 368. The number of hydrogen-bond donors (Lipinski definition) is 5.